The molecule has 0 saturated carbocycles. The molecule has 1 amide bonds. The third-order valence-corrected chi connectivity index (χ3v) is 15.9. The van der Waals surface area contributed by atoms with Crippen molar-refractivity contribution in [1.29, 1.82) is 0 Å². The number of aliphatic hydroxyl groups is 2. The van der Waals surface area contributed by atoms with Crippen LogP contribution in [0.2, 0.25) is 0 Å². The Labute approximate surface area is 474 Å². The number of hydrogen-bond donors (Lipinski definition) is 3. The highest BCUT2D eigenvalue weighted by Crippen LogP contribution is 2.18. The van der Waals surface area contributed by atoms with Crippen LogP contribution in [-0.4, -0.2) is 47.4 Å². The molecule has 6 nitrogen and oxygen atoms in total. The lowest BCUT2D eigenvalue weighted by molar-refractivity contribution is -0.143. The molecule has 0 aliphatic rings. The second kappa shape index (κ2) is 65.6. The van der Waals surface area contributed by atoms with Crippen molar-refractivity contribution >= 4 is 11.9 Å². The maximum atomic E-state index is 12.5. The summed E-state index contributed by atoms with van der Waals surface area (Å²) in [6, 6.07) is -0.629. The van der Waals surface area contributed by atoms with Gasteiger partial charge in [-0.2, -0.15) is 0 Å². The second-order valence-electron chi connectivity index (χ2n) is 23.5. The first kappa shape index (κ1) is 74.1. The van der Waals surface area contributed by atoms with Crippen LogP contribution in [0.25, 0.3) is 0 Å². The van der Waals surface area contributed by atoms with Crippen molar-refractivity contribution in [3.8, 4) is 0 Å². The van der Waals surface area contributed by atoms with Crippen LogP contribution in [0.3, 0.4) is 0 Å². The van der Waals surface area contributed by atoms with Gasteiger partial charge in [0.05, 0.1) is 25.4 Å². The Morgan fingerprint density at radius 1 is 0.355 bits per heavy atom. The molecule has 2 unspecified atom stereocenters. The molecule has 0 aliphatic carbocycles. The number of nitrogens with one attached hydrogen (secondary N) is 1. The molecule has 6 heteroatoms. The molecule has 0 rings (SSSR count). The first-order valence-electron chi connectivity index (χ1n) is 34.3. The lowest BCUT2D eigenvalue weighted by Crippen LogP contribution is -2.45. The van der Waals surface area contributed by atoms with Crippen LogP contribution in [0.4, 0.5) is 0 Å². The largest absolute Gasteiger partial charge is 0.466 e. The van der Waals surface area contributed by atoms with Crippen LogP contribution in [0, 0.1) is 0 Å². The number of carbonyl (C=O) groups excluding carboxylic acids is 2. The summed E-state index contributed by atoms with van der Waals surface area (Å²) in [4.78, 5) is 24.5. The van der Waals surface area contributed by atoms with E-state index < -0.39 is 12.1 Å². The Morgan fingerprint density at radius 2 is 0.632 bits per heavy atom. The number of rotatable bonds is 64. The lowest BCUT2D eigenvalue weighted by atomic mass is 10.0. The van der Waals surface area contributed by atoms with Gasteiger partial charge in [0.25, 0.3) is 0 Å². The third kappa shape index (κ3) is 61.3. The van der Waals surface area contributed by atoms with Gasteiger partial charge in [-0.1, -0.05) is 320 Å². The number of unbranched alkanes of at least 4 members (excludes halogenated alkanes) is 49. The Bertz CT molecular complexity index is 1230. The zero-order chi connectivity index (χ0) is 55.0. The summed E-state index contributed by atoms with van der Waals surface area (Å²) in [7, 11) is 0. The Balaban J connectivity index is 3.41. The predicted octanol–water partition coefficient (Wildman–Crippen LogP) is 21.9. The van der Waals surface area contributed by atoms with E-state index in [9.17, 15) is 19.8 Å². The fourth-order valence-corrected chi connectivity index (χ4v) is 10.6. The van der Waals surface area contributed by atoms with Gasteiger partial charge >= 0.3 is 5.97 Å². The van der Waals surface area contributed by atoms with Crippen molar-refractivity contribution in [2.75, 3.05) is 13.2 Å². The molecule has 0 aromatic heterocycles. The molecule has 3 N–H and O–H groups in total. The SMILES string of the molecule is CCCC/C=C\CCCCCCCC(=O)OCCCCCCCCCCCCCC/C=C\CCCCCCCCCCCCCCC(=O)NC(CO)C(O)/C=C/CCCCCCCCCCCCCCCCCCCC. The average Bonchev–Trinajstić information content (AvgIpc) is 3.42. The normalized spacial score (nSPS) is 12.7. The molecule has 0 bridgehead atoms. The first-order chi connectivity index (χ1) is 37.5. The Morgan fingerprint density at radius 3 is 0.974 bits per heavy atom. The number of allylic oxidation sites excluding steroid dienone is 5. The van der Waals surface area contributed by atoms with Gasteiger partial charge in [-0.3, -0.25) is 9.59 Å². The summed E-state index contributed by atoms with van der Waals surface area (Å²) in [5, 5.41) is 23.2. The van der Waals surface area contributed by atoms with E-state index in [1.807, 2.05) is 6.08 Å². The van der Waals surface area contributed by atoms with Gasteiger partial charge in [0.15, 0.2) is 0 Å². The molecule has 0 aromatic rings. The second-order valence-corrected chi connectivity index (χ2v) is 23.5. The van der Waals surface area contributed by atoms with Crippen molar-refractivity contribution in [3.63, 3.8) is 0 Å². The van der Waals surface area contributed by atoms with E-state index in [0.29, 0.717) is 19.4 Å². The standard InChI is InChI=1S/C70H133NO5/c1-3-5-7-9-11-13-15-16-17-18-19-30-33-36-39-43-46-50-54-58-62-68(73)67(66-72)71-69(74)63-59-55-51-47-44-40-37-34-31-28-26-24-22-20-21-23-25-27-29-32-35-38-41-45-49-53-57-61-65-76-70(75)64-60-56-52-48-42-14-12-10-8-6-4-2/h10,12,20-21,58,62,67-68,72-73H,3-9,11,13-19,22-57,59-61,63-66H2,1-2H3,(H,71,74)/b12-10-,21-20-,62-58+. The maximum Gasteiger partial charge on any atom is 0.305 e. The van der Waals surface area contributed by atoms with E-state index in [4.69, 9.17) is 4.74 Å². The molecule has 2 atom stereocenters. The fourth-order valence-electron chi connectivity index (χ4n) is 10.6. The van der Waals surface area contributed by atoms with E-state index in [1.54, 1.807) is 6.08 Å². The zero-order valence-corrected chi connectivity index (χ0v) is 51.3. The minimum atomic E-state index is -0.845. The number of ether oxygens (including phenoxy) is 1. The van der Waals surface area contributed by atoms with Gasteiger partial charge in [-0.25, -0.2) is 0 Å². The molecule has 0 spiro atoms. The monoisotopic (exact) mass is 1070 g/mol. The predicted molar refractivity (Wildman–Crippen MR) is 333 cm³/mol. The number of esters is 1. The molecular weight excluding hydrogens is 935 g/mol. The fraction of sp³-hybridized carbons (Fsp3) is 0.886. The molecule has 0 aromatic carbocycles. The van der Waals surface area contributed by atoms with E-state index in [1.165, 1.54) is 302 Å². The van der Waals surface area contributed by atoms with Crippen molar-refractivity contribution in [1.82, 2.24) is 5.32 Å². The van der Waals surface area contributed by atoms with Gasteiger partial charge in [-0.05, 0) is 77.0 Å². The van der Waals surface area contributed by atoms with E-state index >= 15 is 0 Å². The summed E-state index contributed by atoms with van der Waals surface area (Å²) >= 11 is 0. The molecule has 76 heavy (non-hydrogen) atoms. The molecule has 0 radical (unpaired) electrons. The zero-order valence-electron chi connectivity index (χ0n) is 51.3. The van der Waals surface area contributed by atoms with Gasteiger partial charge in [0.1, 0.15) is 0 Å². The molecule has 0 fully saturated rings. The number of carbonyl (C=O) groups is 2. The highest BCUT2D eigenvalue weighted by atomic mass is 16.5. The number of amides is 1. The summed E-state index contributed by atoms with van der Waals surface area (Å²) in [6.45, 7) is 4.89. The summed E-state index contributed by atoms with van der Waals surface area (Å²) in [5.74, 6) is -0.0602. The molecule has 0 heterocycles. The Kier molecular flexibility index (Phi) is 63.9. The van der Waals surface area contributed by atoms with Crippen molar-refractivity contribution in [2.45, 2.75) is 386 Å². The maximum absolute atomic E-state index is 12.5. The van der Waals surface area contributed by atoms with E-state index in [2.05, 4.69) is 43.5 Å². The number of aliphatic hydroxyl groups excluding tert-OH is 2. The minimum absolute atomic E-state index is 0.00455. The van der Waals surface area contributed by atoms with Crippen molar-refractivity contribution in [3.05, 3.63) is 36.5 Å². The highest BCUT2D eigenvalue weighted by molar-refractivity contribution is 5.76. The lowest BCUT2D eigenvalue weighted by Gasteiger charge is -2.20. The number of hydrogen-bond acceptors (Lipinski definition) is 5. The minimum Gasteiger partial charge on any atom is -0.466 e. The highest BCUT2D eigenvalue weighted by Gasteiger charge is 2.18. The Hall–Kier alpha value is -1.92. The smallest absolute Gasteiger partial charge is 0.305 e. The summed E-state index contributed by atoms with van der Waals surface area (Å²) < 4.78 is 5.46. The molecular formula is C70H133NO5. The van der Waals surface area contributed by atoms with Crippen molar-refractivity contribution in [2.24, 2.45) is 0 Å². The topological polar surface area (TPSA) is 95.9 Å². The van der Waals surface area contributed by atoms with Crippen LogP contribution < -0.4 is 5.32 Å². The third-order valence-electron chi connectivity index (χ3n) is 15.9. The van der Waals surface area contributed by atoms with Crippen molar-refractivity contribution < 1.29 is 24.5 Å². The van der Waals surface area contributed by atoms with Crippen LogP contribution in [-0.2, 0) is 14.3 Å². The summed E-state index contributed by atoms with van der Waals surface area (Å²) in [5.41, 5.74) is 0. The quantitative estimate of drug-likeness (QED) is 0.0320. The van der Waals surface area contributed by atoms with E-state index in [0.717, 1.165) is 44.9 Å². The van der Waals surface area contributed by atoms with E-state index in [-0.39, 0.29) is 18.5 Å². The average molecular weight is 1070 g/mol. The van der Waals surface area contributed by atoms with Crippen LogP contribution >= 0.6 is 0 Å². The first-order valence-corrected chi connectivity index (χ1v) is 34.3. The van der Waals surface area contributed by atoms with Gasteiger partial charge in [0, 0.05) is 12.8 Å². The molecule has 448 valence electrons. The van der Waals surface area contributed by atoms with Gasteiger partial charge in [-0.15, -0.1) is 0 Å². The van der Waals surface area contributed by atoms with Crippen LogP contribution in [0.1, 0.15) is 373 Å². The molecule has 0 saturated heterocycles. The molecule has 0 aliphatic heterocycles. The van der Waals surface area contributed by atoms with Gasteiger partial charge < -0.3 is 20.3 Å². The van der Waals surface area contributed by atoms with Crippen LogP contribution in [0.15, 0.2) is 36.5 Å². The van der Waals surface area contributed by atoms with Gasteiger partial charge in [0.2, 0.25) is 5.91 Å². The summed E-state index contributed by atoms with van der Waals surface area (Å²) in [6.07, 6.45) is 83.6. The van der Waals surface area contributed by atoms with Crippen LogP contribution in [0.5, 0.6) is 0 Å².